The SMILES string of the molecule is C=CCn1c(CS(=O)(=O)c2ccccc2)nnc1SCC(=O)Nc1cc(Cl)ccc1OC. The number of halogens is 1. The van der Waals surface area contributed by atoms with Gasteiger partial charge in [0.2, 0.25) is 5.91 Å². The molecule has 0 atom stereocenters. The quantitative estimate of drug-likeness (QED) is 0.339. The van der Waals surface area contributed by atoms with Crippen molar-refractivity contribution >= 4 is 44.8 Å². The van der Waals surface area contributed by atoms with Crippen molar-refractivity contribution in [2.75, 3.05) is 18.2 Å². The highest BCUT2D eigenvalue weighted by Gasteiger charge is 2.21. The fourth-order valence-corrected chi connectivity index (χ4v) is 5.05. The molecule has 2 aromatic carbocycles. The summed E-state index contributed by atoms with van der Waals surface area (Å²) in [6.45, 7) is 4.01. The number of amides is 1. The summed E-state index contributed by atoms with van der Waals surface area (Å²) in [6, 6.07) is 13.1. The number of nitrogens with zero attached hydrogens (tertiary/aromatic N) is 3. The van der Waals surface area contributed by atoms with E-state index in [2.05, 4.69) is 22.1 Å². The van der Waals surface area contributed by atoms with Crippen molar-refractivity contribution in [3.63, 3.8) is 0 Å². The van der Waals surface area contributed by atoms with Gasteiger partial charge in [-0.25, -0.2) is 8.42 Å². The highest BCUT2D eigenvalue weighted by Crippen LogP contribution is 2.28. The van der Waals surface area contributed by atoms with Crippen LogP contribution in [-0.4, -0.2) is 42.0 Å². The van der Waals surface area contributed by atoms with Gasteiger partial charge in [-0.3, -0.25) is 4.79 Å². The van der Waals surface area contributed by atoms with E-state index in [0.717, 1.165) is 11.8 Å². The molecule has 11 heteroatoms. The number of nitrogens with one attached hydrogen (secondary N) is 1. The Hall–Kier alpha value is -2.82. The van der Waals surface area contributed by atoms with Gasteiger partial charge in [0.1, 0.15) is 17.3 Å². The van der Waals surface area contributed by atoms with Crippen LogP contribution in [0.4, 0.5) is 5.69 Å². The van der Waals surface area contributed by atoms with E-state index in [-0.39, 0.29) is 28.1 Å². The number of aromatic nitrogens is 3. The first-order chi connectivity index (χ1) is 15.3. The third-order valence-electron chi connectivity index (χ3n) is 4.29. The van der Waals surface area contributed by atoms with Gasteiger partial charge in [0.25, 0.3) is 0 Å². The molecule has 0 spiro atoms. The summed E-state index contributed by atoms with van der Waals surface area (Å²) in [5, 5.41) is 11.7. The van der Waals surface area contributed by atoms with Crippen LogP contribution >= 0.6 is 23.4 Å². The molecule has 0 saturated heterocycles. The maximum absolute atomic E-state index is 12.7. The Balaban J connectivity index is 1.72. The van der Waals surface area contributed by atoms with Gasteiger partial charge in [-0.1, -0.05) is 47.6 Å². The van der Waals surface area contributed by atoms with E-state index in [1.807, 2.05) is 0 Å². The molecule has 0 aliphatic heterocycles. The molecule has 0 fully saturated rings. The summed E-state index contributed by atoms with van der Waals surface area (Å²) in [5.41, 5.74) is 0.452. The van der Waals surface area contributed by atoms with Gasteiger partial charge < -0.3 is 14.6 Å². The summed E-state index contributed by atoms with van der Waals surface area (Å²) in [5.74, 6) is 0.159. The summed E-state index contributed by atoms with van der Waals surface area (Å²) in [6.07, 6.45) is 1.61. The number of anilines is 1. The smallest absolute Gasteiger partial charge is 0.234 e. The van der Waals surface area contributed by atoms with E-state index >= 15 is 0 Å². The first kappa shape index (κ1) is 23.8. The number of sulfone groups is 1. The molecule has 3 rings (SSSR count). The van der Waals surface area contributed by atoms with Crippen LogP contribution < -0.4 is 10.1 Å². The van der Waals surface area contributed by atoms with Crippen molar-refractivity contribution < 1.29 is 17.9 Å². The van der Waals surface area contributed by atoms with Gasteiger partial charge in [0.05, 0.1) is 23.4 Å². The number of thioether (sulfide) groups is 1. The molecule has 0 bridgehead atoms. The number of hydrogen-bond acceptors (Lipinski definition) is 7. The largest absolute Gasteiger partial charge is 0.495 e. The Morgan fingerprint density at radius 2 is 2.00 bits per heavy atom. The highest BCUT2D eigenvalue weighted by atomic mass is 35.5. The Morgan fingerprint density at radius 1 is 1.25 bits per heavy atom. The van der Waals surface area contributed by atoms with Gasteiger partial charge in [0.15, 0.2) is 15.0 Å². The molecule has 0 unspecified atom stereocenters. The number of carbonyl (C=O) groups excluding carboxylic acids is 1. The fourth-order valence-electron chi connectivity index (χ4n) is 2.82. The minimum Gasteiger partial charge on any atom is -0.495 e. The maximum Gasteiger partial charge on any atom is 0.234 e. The molecule has 8 nitrogen and oxygen atoms in total. The van der Waals surface area contributed by atoms with Gasteiger partial charge in [0, 0.05) is 11.6 Å². The Kier molecular flexibility index (Phi) is 7.94. The third kappa shape index (κ3) is 5.90. The number of benzene rings is 2. The molecule has 0 radical (unpaired) electrons. The average molecular weight is 493 g/mol. The molecule has 0 saturated carbocycles. The molecule has 1 aromatic heterocycles. The zero-order valence-corrected chi connectivity index (χ0v) is 19.6. The molecule has 1 amide bonds. The van der Waals surface area contributed by atoms with E-state index in [1.165, 1.54) is 19.2 Å². The molecule has 1 N–H and O–H groups in total. The van der Waals surface area contributed by atoms with Crippen LogP contribution in [-0.2, 0) is 26.9 Å². The number of rotatable bonds is 10. The second-order valence-corrected chi connectivity index (χ2v) is 9.92. The predicted molar refractivity (Wildman–Crippen MR) is 125 cm³/mol. The van der Waals surface area contributed by atoms with Crippen molar-refractivity contribution in [1.82, 2.24) is 14.8 Å². The zero-order valence-electron chi connectivity index (χ0n) is 17.2. The lowest BCUT2D eigenvalue weighted by Gasteiger charge is -2.11. The molecular formula is C21H21ClN4O4S2. The van der Waals surface area contributed by atoms with Crippen molar-refractivity contribution in [1.29, 1.82) is 0 Å². The molecule has 3 aromatic rings. The number of carbonyl (C=O) groups is 1. The van der Waals surface area contributed by atoms with Crippen LogP contribution in [0, 0.1) is 0 Å². The van der Waals surface area contributed by atoms with Crippen molar-refractivity contribution in [2.45, 2.75) is 22.3 Å². The first-order valence-electron chi connectivity index (χ1n) is 9.41. The minimum absolute atomic E-state index is 0.0242. The maximum atomic E-state index is 12.7. The molecule has 1 heterocycles. The second kappa shape index (κ2) is 10.7. The molecule has 0 aliphatic rings. The van der Waals surface area contributed by atoms with Crippen LogP contribution in [0.2, 0.25) is 5.02 Å². The van der Waals surface area contributed by atoms with E-state index in [1.54, 1.807) is 47.0 Å². The minimum atomic E-state index is -3.60. The Bertz CT molecular complexity index is 1210. The van der Waals surface area contributed by atoms with Crippen LogP contribution in [0.25, 0.3) is 0 Å². The average Bonchev–Trinajstić information content (AvgIpc) is 3.14. The van der Waals surface area contributed by atoms with E-state index in [9.17, 15) is 13.2 Å². The lowest BCUT2D eigenvalue weighted by molar-refractivity contribution is -0.113. The second-order valence-electron chi connectivity index (χ2n) is 6.55. The summed E-state index contributed by atoms with van der Waals surface area (Å²) < 4.78 is 32.3. The molecule has 32 heavy (non-hydrogen) atoms. The molecule has 168 valence electrons. The predicted octanol–water partition coefficient (Wildman–Crippen LogP) is 3.83. The zero-order chi connectivity index (χ0) is 23.1. The molecular weight excluding hydrogens is 472 g/mol. The van der Waals surface area contributed by atoms with E-state index in [4.69, 9.17) is 16.3 Å². The third-order valence-corrected chi connectivity index (χ3v) is 7.13. The lowest BCUT2D eigenvalue weighted by atomic mass is 10.3. The first-order valence-corrected chi connectivity index (χ1v) is 12.4. The standard InChI is InChI=1S/C21H21ClN4O4S2/c1-3-11-26-19(14-32(28,29)16-7-5-4-6-8-16)24-25-21(26)31-13-20(27)23-17-12-15(22)9-10-18(17)30-2/h3-10,12H,1,11,13-14H2,2H3,(H,23,27). The van der Waals surface area contributed by atoms with E-state index < -0.39 is 9.84 Å². The number of ether oxygens (including phenoxy) is 1. The fraction of sp³-hybridized carbons (Fsp3) is 0.190. The van der Waals surface area contributed by atoms with Crippen molar-refractivity contribution in [3.05, 3.63) is 72.0 Å². The van der Waals surface area contributed by atoms with Gasteiger partial charge in [-0.15, -0.1) is 16.8 Å². The number of hydrogen-bond donors (Lipinski definition) is 1. The summed E-state index contributed by atoms with van der Waals surface area (Å²) in [4.78, 5) is 12.7. The van der Waals surface area contributed by atoms with Crippen LogP contribution in [0.5, 0.6) is 5.75 Å². The lowest BCUT2D eigenvalue weighted by Crippen LogP contribution is -2.16. The van der Waals surface area contributed by atoms with Gasteiger partial charge in [-0.2, -0.15) is 0 Å². The van der Waals surface area contributed by atoms with Gasteiger partial charge >= 0.3 is 0 Å². The van der Waals surface area contributed by atoms with Crippen LogP contribution in [0.15, 0.2) is 71.2 Å². The van der Waals surface area contributed by atoms with Crippen molar-refractivity contribution in [2.24, 2.45) is 0 Å². The van der Waals surface area contributed by atoms with E-state index in [0.29, 0.717) is 28.2 Å². The number of allylic oxidation sites excluding steroid dienone is 1. The summed E-state index contributed by atoms with van der Waals surface area (Å²) in [7, 11) is -2.10. The van der Waals surface area contributed by atoms with Gasteiger partial charge in [-0.05, 0) is 30.3 Å². The van der Waals surface area contributed by atoms with Crippen molar-refractivity contribution in [3.8, 4) is 5.75 Å². The Morgan fingerprint density at radius 3 is 2.69 bits per heavy atom. The normalized spacial score (nSPS) is 11.2. The monoisotopic (exact) mass is 492 g/mol. The molecule has 0 aliphatic carbocycles. The topological polar surface area (TPSA) is 103 Å². The van der Waals surface area contributed by atoms with Crippen LogP contribution in [0.3, 0.4) is 0 Å². The highest BCUT2D eigenvalue weighted by molar-refractivity contribution is 7.99. The Labute approximate surface area is 195 Å². The summed E-state index contributed by atoms with van der Waals surface area (Å²) >= 11 is 7.13. The number of methoxy groups -OCH3 is 1. The van der Waals surface area contributed by atoms with Crippen LogP contribution in [0.1, 0.15) is 5.82 Å².